The molecule has 0 unspecified atom stereocenters. The Hall–Kier alpha value is -2.37. The predicted octanol–water partition coefficient (Wildman–Crippen LogP) is 3.47. The number of ether oxygens (including phenoxy) is 1. The number of nitrogens with zero attached hydrogens (tertiary/aromatic N) is 2. The van der Waals surface area contributed by atoms with Gasteiger partial charge in [-0.2, -0.15) is 0 Å². The molecule has 3 rings (SSSR count). The van der Waals surface area contributed by atoms with Crippen LogP contribution in [-0.4, -0.2) is 56.0 Å². The van der Waals surface area contributed by atoms with Crippen molar-refractivity contribution in [3.05, 3.63) is 59.7 Å². The van der Waals surface area contributed by atoms with Gasteiger partial charge in [0, 0.05) is 30.9 Å². The topological polar surface area (TPSA) is 44.8 Å². The zero-order valence-electron chi connectivity index (χ0n) is 16.4. The van der Waals surface area contributed by atoms with E-state index in [1.54, 1.807) is 0 Å². The number of piperidine rings is 1. The van der Waals surface area contributed by atoms with Crippen molar-refractivity contribution in [2.75, 3.05) is 39.5 Å². The van der Waals surface area contributed by atoms with Gasteiger partial charge in [-0.15, -0.1) is 0 Å². The Balaban J connectivity index is 1.57. The first-order valence-corrected chi connectivity index (χ1v) is 9.50. The second kappa shape index (κ2) is 9.02. The van der Waals surface area contributed by atoms with Gasteiger partial charge in [0.05, 0.1) is 0 Å². The van der Waals surface area contributed by atoms with Gasteiger partial charge in [-0.3, -0.25) is 4.79 Å². The number of rotatable bonds is 6. The van der Waals surface area contributed by atoms with E-state index in [0.717, 1.165) is 49.5 Å². The third-order valence-electron chi connectivity index (χ3n) is 4.77. The lowest BCUT2D eigenvalue weighted by Gasteiger charge is -2.29. The van der Waals surface area contributed by atoms with Crippen LogP contribution in [0.4, 0.5) is 5.69 Å². The van der Waals surface area contributed by atoms with Gasteiger partial charge in [-0.05, 0) is 75.9 Å². The normalized spacial score (nSPS) is 15.7. The molecule has 0 atom stereocenters. The van der Waals surface area contributed by atoms with Crippen LogP contribution < -0.4 is 10.1 Å². The zero-order chi connectivity index (χ0) is 19.2. The summed E-state index contributed by atoms with van der Waals surface area (Å²) in [6.45, 7) is 2.96. The van der Waals surface area contributed by atoms with Crippen molar-refractivity contribution < 1.29 is 9.53 Å². The van der Waals surface area contributed by atoms with Crippen LogP contribution in [0.5, 0.6) is 5.75 Å². The molecule has 5 nitrogen and oxygen atoms in total. The van der Waals surface area contributed by atoms with E-state index in [2.05, 4.69) is 22.2 Å². The second-order valence-corrected chi connectivity index (χ2v) is 7.54. The van der Waals surface area contributed by atoms with Crippen molar-refractivity contribution in [3.8, 4) is 5.75 Å². The first kappa shape index (κ1) is 19.4. The standard InChI is InChI=1S/C22H29N3O2/c1-24(2)16-17-5-4-6-18(15-17)22(26)23-19-7-9-20(10-8-19)27-21-11-13-25(3)14-12-21/h4-10,15,21H,11-14,16H2,1-3H3,(H,23,26). The molecule has 1 aliphatic rings. The molecule has 0 saturated carbocycles. The average Bonchev–Trinajstić information content (AvgIpc) is 2.65. The number of hydrogen-bond acceptors (Lipinski definition) is 4. The van der Waals surface area contributed by atoms with Crippen LogP contribution in [0.2, 0.25) is 0 Å². The molecule has 5 heteroatoms. The summed E-state index contributed by atoms with van der Waals surface area (Å²) >= 11 is 0. The number of carbonyl (C=O) groups is 1. The number of amides is 1. The maximum Gasteiger partial charge on any atom is 0.255 e. The highest BCUT2D eigenvalue weighted by atomic mass is 16.5. The molecule has 2 aromatic rings. The highest BCUT2D eigenvalue weighted by Gasteiger charge is 2.18. The van der Waals surface area contributed by atoms with Crippen molar-refractivity contribution >= 4 is 11.6 Å². The summed E-state index contributed by atoms with van der Waals surface area (Å²) in [6, 6.07) is 15.4. The minimum atomic E-state index is -0.0976. The van der Waals surface area contributed by atoms with Crippen LogP contribution in [-0.2, 0) is 6.54 Å². The molecule has 2 aromatic carbocycles. The Morgan fingerprint density at radius 1 is 1.15 bits per heavy atom. The van der Waals surface area contributed by atoms with Crippen LogP contribution in [0.3, 0.4) is 0 Å². The lowest BCUT2D eigenvalue weighted by Crippen LogP contribution is -2.35. The monoisotopic (exact) mass is 367 g/mol. The summed E-state index contributed by atoms with van der Waals surface area (Å²) in [5.41, 5.74) is 2.56. The fourth-order valence-electron chi connectivity index (χ4n) is 3.29. The number of carbonyl (C=O) groups excluding carboxylic acids is 1. The lowest BCUT2D eigenvalue weighted by molar-refractivity contribution is 0.102. The van der Waals surface area contributed by atoms with Crippen LogP contribution in [0.15, 0.2) is 48.5 Å². The third kappa shape index (κ3) is 5.81. The maximum absolute atomic E-state index is 12.5. The Labute approximate surface area is 161 Å². The van der Waals surface area contributed by atoms with Crippen molar-refractivity contribution in [2.45, 2.75) is 25.5 Å². The van der Waals surface area contributed by atoms with E-state index in [1.807, 2.05) is 62.6 Å². The average molecular weight is 367 g/mol. The molecule has 1 heterocycles. The summed E-state index contributed by atoms with van der Waals surface area (Å²) in [6.07, 6.45) is 2.39. The smallest absolute Gasteiger partial charge is 0.255 e. The van der Waals surface area contributed by atoms with Crippen molar-refractivity contribution in [3.63, 3.8) is 0 Å². The zero-order valence-corrected chi connectivity index (χ0v) is 16.4. The summed E-state index contributed by atoms with van der Waals surface area (Å²) in [5, 5.41) is 2.96. The summed E-state index contributed by atoms with van der Waals surface area (Å²) in [5.74, 6) is 0.759. The Bertz CT molecular complexity index is 750. The Morgan fingerprint density at radius 2 is 1.85 bits per heavy atom. The molecule has 1 N–H and O–H groups in total. The molecular weight excluding hydrogens is 338 g/mol. The van der Waals surface area contributed by atoms with Crippen molar-refractivity contribution in [2.24, 2.45) is 0 Å². The Morgan fingerprint density at radius 3 is 2.52 bits per heavy atom. The highest BCUT2D eigenvalue weighted by Crippen LogP contribution is 2.21. The SMILES string of the molecule is CN(C)Cc1cccc(C(=O)Nc2ccc(OC3CCN(C)CC3)cc2)c1. The van der Waals surface area contributed by atoms with E-state index in [0.29, 0.717) is 5.56 Å². The van der Waals surface area contributed by atoms with E-state index >= 15 is 0 Å². The first-order valence-electron chi connectivity index (χ1n) is 9.50. The molecular formula is C22H29N3O2. The van der Waals surface area contributed by atoms with Crippen molar-refractivity contribution in [1.82, 2.24) is 9.80 Å². The van der Waals surface area contributed by atoms with Crippen LogP contribution in [0.25, 0.3) is 0 Å². The number of benzene rings is 2. The molecule has 1 saturated heterocycles. The summed E-state index contributed by atoms with van der Waals surface area (Å²) < 4.78 is 6.06. The number of likely N-dealkylation sites (tertiary alicyclic amines) is 1. The van der Waals surface area contributed by atoms with Crippen molar-refractivity contribution in [1.29, 1.82) is 0 Å². The van der Waals surface area contributed by atoms with Crippen LogP contribution >= 0.6 is 0 Å². The quantitative estimate of drug-likeness (QED) is 0.849. The number of hydrogen-bond donors (Lipinski definition) is 1. The Kier molecular flexibility index (Phi) is 6.48. The molecule has 0 radical (unpaired) electrons. The van der Waals surface area contributed by atoms with Gasteiger partial charge in [0.15, 0.2) is 0 Å². The van der Waals surface area contributed by atoms with Gasteiger partial charge in [0.1, 0.15) is 11.9 Å². The number of anilines is 1. The molecule has 1 amide bonds. The predicted molar refractivity (Wildman–Crippen MR) is 109 cm³/mol. The highest BCUT2D eigenvalue weighted by molar-refractivity contribution is 6.04. The van der Waals surface area contributed by atoms with E-state index in [9.17, 15) is 4.79 Å². The van der Waals surface area contributed by atoms with E-state index in [-0.39, 0.29) is 12.0 Å². The lowest BCUT2D eigenvalue weighted by atomic mass is 10.1. The minimum absolute atomic E-state index is 0.0976. The fraction of sp³-hybridized carbons (Fsp3) is 0.409. The first-order chi connectivity index (χ1) is 13.0. The van der Waals surface area contributed by atoms with Gasteiger partial charge < -0.3 is 19.9 Å². The van der Waals surface area contributed by atoms with Crippen LogP contribution in [0, 0.1) is 0 Å². The second-order valence-electron chi connectivity index (χ2n) is 7.54. The van der Waals surface area contributed by atoms with Gasteiger partial charge in [0.25, 0.3) is 5.91 Å². The molecule has 0 spiro atoms. The fourth-order valence-corrected chi connectivity index (χ4v) is 3.29. The largest absolute Gasteiger partial charge is 0.490 e. The molecule has 1 aliphatic heterocycles. The van der Waals surface area contributed by atoms with Gasteiger partial charge in [-0.25, -0.2) is 0 Å². The molecule has 0 aliphatic carbocycles. The van der Waals surface area contributed by atoms with Gasteiger partial charge in [-0.1, -0.05) is 12.1 Å². The van der Waals surface area contributed by atoms with E-state index < -0.39 is 0 Å². The van der Waals surface area contributed by atoms with E-state index in [1.165, 1.54) is 0 Å². The van der Waals surface area contributed by atoms with E-state index in [4.69, 9.17) is 4.74 Å². The summed E-state index contributed by atoms with van der Waals surface area (Å²) in [4.78, 5) is 16.9. The van der Waals surface area contributed by atoms with Gasteiger partial charge in [0.2, 0.25) is 0 Å². The minimum Gasteiger partial charge on any atom is -0.490 e. The summed E-state index contributed by atoms with van der Waals surface area (Å²) in [7, 11) is 6.17. The number of nitrogens with one attached hydrogen (secondary N) is 1. The maximum atomic E-state index is 12.5. The molecule has 0 aromatic heterocycles. The molecule has 144 valence electrons. The molecule has 1 fully saturated rings. The van der Waals surface area contributed by atoms with Gasteiger partial charge >= 0.3 is 0 Å². The molecule has 0 bridgehead atoms. The third-order valence-corrected chi connectivity index (χ3v) is 4.77. The molecule has 27 heavy (non-hydrogen) atoms. The van der Waals surface area contributed by atoms with Crippen LogP contribution in [0.1, 0.15) is 28.8 Å².